The summed E-state index contributed by atoms with van der Waals surface area (Å²) in [6.45, 7) is 3.58. The molecule has 1 N–H and O–H groups in total. The van der Waals surface area contributed by atoms with Gasteiger partial charge in [0.1, 0.15) is 6.07 Å². The molecule has 0 bridgehead atoms. The molecular weight excluding hydrogens is 348 g/mol. The van der Waals surface area contributed by atoms with E-state index in [9.17, 15) is 10.1 Å². The van der Waals surface area contributed by atoms with Crippen molar-refractivity contribution in [1.82, 2.24) is 0 Å². The van der Waals surface area contributed by atoms with Crippen LogP contribution in [0.1, 0.15) is 41.3 Å². The van der Waals surface area contributed by atoms with Crippen molar-refractivity contribution in [3.8, 4) is 6.07 Å². The number of nitrogens with one attached hydrogen (secondary N) is 1. The van der Waals surface area contributed by atoms with Gasteiger partial charge in [-0.25, -0.2) is 0 Å². The van der Waals surface area contributed by atoms with Gasteiger partial charge in [-0.2, -0.15) is 5.26 Å². The fourth-order valence-corrected chi connectivity index (χ4v) is 3.53. The minimum absolute atomic E-state index is 0.0176. The molecule has 3 rings (SSSR count). The van der Waals surface area contributed by atoms with Gasteiger partial charge in [0.05, 0.1) is 11.3 Å². The summed E-state index contributed by atoms with van der Waals surface area (Å²) in [5.74, 6) is -0.0176. The monoisotopic (exact) mass is 368 g/mol. The molecule has 0 unspecified atom stereocenters. The number of hydrogen-bond donors (Lipinski definition) is 1. The third kappa shape index (κ3) is 3.90. The Morgan fingerprint density at radius 3 is 2.54 bits per heavy atom. The van der Waals surface area contributed by atoms with Gasteiger partial charge in [-0.15, -0.1) is 0 Å². The summed E-state index contributed by atoms with van der Waals surface area (Å²) >= 11 is 6.05. The normalized spacial score (nSPS) is 15.9. The zero-order valence-corrected chi connectivity index (χ0v) is 15.5. The van der Waals surface area contributed by atoms with Crippen molar-refractivity contribution in [2.75, 3.05) is 25.1 Å². The van der Waals surface area contributed by atoms with E-state index in [1.165, 1.54) is 12.5 Å². The van der Waals surface area contributed by atoms with Crippen molar-refractivity contribution < 1.29 is 9.53 Å². The third-order valence-electron chi connectivity index (χ3n) is 5.07. The van der Waals surface area contributed by atoms with Crippen molar-refractivity contribution in [3.05, 3.63) is 64.2 Å². The predicted octanol–water partition coefficient (Wildman–Crippen LogP) is 4.57. The fraction of sp³-hybridized carbons (Fsp3) is 0.333. The molecule has 0 saturated carbocycles. The number of halogens is 1. The quantitative estimate of drug-likeness (QED) is 0.785. The summed E-state index contributed by atoms with van der Waals surface area (Å²) in [6, 6.07) is 15.3. The van der Waals surface area contributed by atoms with Gasteiger partial charge in [-0.3, -0.25) is 4.79 Å². The first-order valence-electron chi connectivity index (χ1n) is 8.67. The van der Waals surface area contributed by atoms with Crippen LogP contribution in [-0.2, 0) is 10.2 Å². The minimum atomic E-state index is -0.0954. The molecule has 2 aromatic rings. The molecule has 5 heteroatoms. The van der Waals surface area contributed by atoms with Crippen molar-refractivity contribution in [3.63, 3.8) is 0 Å². The van der Waals surface area contributed by atoms with Crippen LogP contribution in [0.2, 0.25) is 5.02 Å². The topological polar surface area (TPSA) is 62.1 Å². The summed E-state index contributed by atoms with van der Waals surface area (Å²) in [5.41, 5.74) is 2.94. The van der Waals surface area contributed by atoms with Gasteiger partial charge in [0, 0.05) is 35.8 Å². The lowest BCUT2D eigenvalue weighted by Crippen LogP contribution is -2.40. The predicted molar refractivity (Wildman–Crippen MR) is 103 cm³/mol. The zero-order chi connectivity index (χ0) is 18.6. The summed E-state index contributed by atoms with van der Waals surface area (Å²) in [6.07, 6.45) is 1.77. The van der Waals surface area contributed by atoms with Crippen LogP contribution in [0.3, 0.4) is 0 Å². The molecule has 1 heterocycles. The Morgan fingerprint density at radius 1 is 1.23 bits per heavy atom. The largest absolute Gasteiger partial charge is 0.383 e. The number of ketones is 1. The lowest BCUT2D eigenvalue weighted by atomic mass is 9.74. The summed E-state index contributed by atoms with van der Waals surface area (Å²) < 4.78 is 5.57. The van der Waals surface area contributed by atoms with Crippen molar-refractivity contribution in [2.24, 2.45) is 0 Å². The first-order chi connectivity index (χ1) is 12.5. The molecule has 1 aliphatic rings. The molecule has 0 aliphatic carbocycles. The molecule has 0 atom stereocenters. The fourth-order valence-electron chi connectivity index (χ4n) is 3.40. The summed E-state index contributed by atoms with van der Waals surface area (Å²) in [5, 5.41) is 13.5. The van der Waals surface area contributed by atoms with E-state index >= 15 is 0 Å². The second-order valence-corrected chi connectivity index (χ2v) is 7.12. The molecular formula is C21H21ClN2O2. The Hall–Kier alpha value is -2.35. The van der Waals surface area contributed by atoms with Gasteiger partial charge in [0.2, 0.25) is 0 Å². The molecule has 0 aromatic heterocycles. The maximum atomic E-state index is 11.7. The number of nitrogens with zero attached hydrogens (tertiary/aromatic N) is 1. The summed E-state index contributed by atoms with van der Waals surface area (Å²) in [4.78, 5) is 11.7. The second-order valence-electron chi connectivity index (χ2n) is 6.68. The number of benzene rings is 2. The van der Waals surface area contributed by atoms with Gasteiger partial charge in [-0.1, -0.05) is 23.7 Å². The first-order valence-corrected chi connectivity index (χ1v) is 9.05. The van der Waals surface area contributed by atoms with Gasteiger partial charge in [-0.05, 0) is 55.7 Å². The Bertz CT molecular complexity index is 834. The van der Waals surface area contributed by atoms with Crippen LogP contribution in [0.25, 0.3) is 0 Å². The average molecular weight is 369 g/mol. The highest BCUT2D eigenvalue weighted by atomic mass is 35.5. The van der Waals surface area contributed by atoms with E-state index in [4.69, 9.17) is 16.3 Å². The number of carbonyl (C=O) groups excluding carboxylic acids is 1. The third-order valence-corrected chi connectivity index (χ3v) is 5.32. The van der Waals surface area contributed by atoms with Crippen molar-refractivity contribution in [2.45, 2.75) is 25.2 Å². The Balaban J connectivity index is 1.89. The Kier molecular flexibility index (Phi) is 5.61. The maximum Gasteiger partial charge on any atom is 0.159 e. The Labute approximate surface area is 158 Å². The highest BCUT2D eigenvalue weighted by Gasteiger charge is 2.34. The molecule has 1 fully saturated rings. The number of nitriles is 1. The highest BCUT2D eigenvalue weighted by Crippen LogP contribution is 2.36. The van der Waals surface area contributed by atoms with Gasteiger partial charge >= 0.3 is 0 Å². The van der Waals surface area contributed by atoms with E-state index in [1.54, 1.807) is 18.2 Å². The molecule has 2 aromatic carbocycles. The maximum absolute atomic E-state index is 11.7. The smallest absolute Gasteiger partial charge is 0.159 e. The number of carbonyl (C=O) groups is 1. The molecule has 134 valence electrons. The second kappa shape index (κ2) is 7.90. The van der Waals surface area contributed by atoms with Crippen LogP contribution < -0.4 is 5.32 Å². The van der Waals surface area contributed by atoms with E-state index in [0.29, 0.717) is 41.6 Å². The highest BCUT2D eigenvalue weighted by molar-refractivity contribution is 6.30. The molecule has 1 saturated heterocycles. The first kappa shape index (κ1) is 18.4. The minimum Gasteiger partial charge on any atom is -0.383 e. The van der Waals surface area contributed by atoms with E-state index in [2.05, 4.69) is 23.5 Å². The van der Waals surface area contributed by atoms with Crippen molar-refractivity contribution >= 4 is 23.1 Å². The van der Waals surface area contributed by atoms with E-state index < -0.39 is 0 Å². The van der Waals surface area contributed by atoms with Crippen LogP contribution in [0.5, 0.6) is 0 Å². The van der Waals surface area contributed by atoms with Gasteiger partial charge < -0.3 is 10.1 Å². The molecule has 0 radical (unpaired) electrons. The number of anilines is 1. The van der Waals surface area contributed by atoms with E-state index in [-0.39, 0.29) is 11.2 Å². The number of ether oxygens (including phenoxy) is 1. The molecule has 26 heavy (non-hydrogen) atoms. The van der Waals surface area contributed by atoms with E-state index in [1.807, 2.05) is 12.1 Å². The molecule has 1 aliphatic heterocycles. The number of rotatable bonds is 5. The van der Waals surface area contributed by atoms with Crippen LogP contribution >= 0.6 is 11.6 Å². The van der Waals surface area contributed by atoms with Crippen LogP contribution in [-0.4, -0.2) is 25.5 Å². The SMILES string of the molecule is CC(=O)c1ccc(C#N)c(NCC2(c3ccc(Cl)cc3)CCOCC2)c1. The molecule has 0 amide bonds. The lowest BCUT2D eigenvalue weighted by Gasteiger charge is -2.38. The molecule has 4 nitrogen and oxygen atoms in total. The standard InChI is InChI=1S/C21H21ClN2O2/c1-15(25)16-2-3-17(13-23)20(12-16)24-14-21(8-10-26-11-9-21)18-4-6-19(22)7-5-18/h2-7,12,24H,8-11,14H2,1H3. The van der Waals surface area contributed by atoms with Crippen molar-refractivity contribution in [1.29, 1.82) is 5.26 Å². The van der Waals surface area contributed by atoms with Gasteiger partial charge in [0.15, 0.2) is 5.78 Å². The van der Waals surface area contributed by atoms with Gasteiger partial charge in [0.25, 0.3) is 0 Å². The number of hydrogen-bond acceptors (Lipinski definition) is 4. The summed E-state index contributed by atoms with van der Waals surface area (Å²) in [7, 11) is 0. The van der Waals surface area contributed by atoms with E-state index in [0.717, 1.165) is 12.8 Å². The lowest BCUT2D eigenvalue weighted by molar-refractivity contribution is 0.0544. The van der Waals surface area contributed by atoms with Crippen LogP contribution in [0.4, 0.5) is 5.69 Å². The van der Waals surface area contributed by atoms with Crippen LogP contribution in [0, 0.1) is 11.3 Å². The van der Waals surface area contributed by atoms with Crippen LogP contribution in [0.15, 0.2) is 42.5 Å². The Morgan fingerprint density at radius 2 is 1.92 bits per heavy atom. The average Bonchev–Trinajstić information content (AvgIpc) is 2.67. The molecule has 0 spiro atoms. The number of Topliss-reactive ketones (excluding diaryl/α,β-unsaturated/α-hetero) is 1. The zero-order valence-electron chi connectivity index (χ0n) is 14.7.